The zero-order valence-corrected chi connectivity index (χ0v) is 9.96. The van der Waals surface area contributed by atoms with Crippen LogP contribution in [0.25, 0.3) is 0 Å². The molecule has 5 heteroatoms. The van der Waals surface area contributed by atoms with Crippen molar-refractivity contribution < 1.29 is 14.3 Å². The number of halogens is 1. The van der Waals surface area contributed by atoms with Crippen LogP contribution < -0.4 is 10.6 Å². The highest BCUT2D eigenvalue weighted by molar-refractivity contribution is 5.89. The Bertz CT molecular complexity index is 396. The van der Waals surface area contributed by atoms with Gasteiger partial charge in [0.05, 0.1) is 6.10 Å². The highest BCUT2D eigenvalue weighted by Crippen LogP contribution is 2.26. The lowest BCUT2D eigenvalue weighted by molar-refractivity contribution is -0.114. The SMILES string of the molecule is CNCCC(O)c1cc(F)ccc1NC(C)=O. The summed E-state index contributed by atoms with van der Waals surface area (Å²) < 4.78 is 13.1. The number of aliphatic hydroxyl groups is 1. The lowest BCUT2D eigenvalue weighted by Gasteiger charge is -2.15. The van der Waals surface area contributed by atoms with Gasteiger partial charge in [0.1, 0.15) is 5.82 Å². The van der Waals surface area contributed by atoms with Crippen LogP contribution >= 0.6 is 0 Å². The summed E-state index contributed by atoms with van der Waals surface area (Å²) in [6, 6.07) is 3.94. The Morgan fingerprint density at radius 2 is 2.24 bits per heavy atom. The molecule has 3 N–H and O–H groups in total. The van der Waals surface area contributed by atoms with Crippen LogP contribution in [0.5, 0.6) is 0 Å². The van der Waals surface area contributed by atoms with Crippen molar-refractivity contribution in [1.29, 1.82) is 0 Å². The largest absolute Gasteiger partial charge is 0.388 e. The fraction of sp³-hybridized carbons (Fsp3) is 0.417. The van der Waals surface area contributed by atoms with E-state index in [1.807, 2.05) is 0 Å². The summed E-state index contributed by atoms with van der Waals surface area (Å²) in [5.74, 6) is -0.684. The van der Waals surface area contributed by atoms with Crippen LogP contribution in [-0.2, 0) is 4.79 Å². The standard InChI is InChI=1S/C12H17FN2O2/c1-8(16)15-11-4-3-9(13)7-10(11)12(17)5-6-14-2/h3-4,7,12,14,17H,5-6H2,1-2H3,(H,15,16). The minimum Gasteiger partial charge on any atom is -0.388 e. The molecule has 1 amide bonds. The van der Waals surface area contributed by atoms with Gasteiger partial charge in [0.15, 0.2) is 0 Å². The summed E-state index contributed by atoms with van der Waals surface area (Å²) in [6.07, 6.45) is -0.355. The molecular weight excluding hydrogens is 223 g/mol. The van der Waals surface area contributed by atoms with E-state index in [9.17, 15) is 14.3 Å². The highest BCUT2D eigenvalue weighted by atomic mass is 19.1. The minimum atomic E-state index is -0.806. The number of amides is 1. The van der Waals surface area contributed by atoms with Crippen molar-refractivity contribution in [2.24, 2.45) is 0 Å². The van der Waals surface area contributed by atoms with Crippen LogP contribution in [-0.4, -0.2) is 24.6 Å². The first kappa shape index (κ1) is 13.6. The molecule has 1 aromatic rings. The number of hydrogen-bond acceptors (Lipinski definition) is 3. The van der Waals surface area contributed by atoms with Crippen molar-refractivity contribution in [1.82, 2.24) is 5.32 Å². The summed E-state index contributed by atoms with van der Waals surface area (Å²) in [7, 11) is 1.77. The van der Waals surface area contributed by atoms with E-state index >= 15 is 0 Å². The van der Waals surface area contributed by atoms with E-state index in [2.05, 4.69) is 10.6 Å². The maximum Gasteiger partial charge on any atom is 0.221 e. The van der Waals surface area contributed by atoms with Gasteiger partial charge >= 0.3 is 0 Å². The normalized spacial score (nSPS) is 12.2. The third kappa shape index (κ3) is 4.13. The maximum absolute atomic E-state index is 13.1. The predicted molar refractivity (Wildman–Crippen MR) is 64.2 cm³/mol. The van der Waals surface area contributed by atoms with Crippen LogP contribution in [0.15, 0.2) is 18.2 Å². The molecule has 0 aliphatic carbocycles. The van der Waals surface area contributed by atoms with Crippen molar-refractivity contribution in [3.05, 3.63) is 29.6 Å². The summed E-state index contributed by atoms with van der Waals surface area (Å²) in [4.78, 5) is 11.0. The molecule has 1 aromatic carbocycles. The second-order valence-corrected chi connectivity index (χ2v) is 3.82. The summed E-state index contributed by atoms with van der Waals surface area (Å²) in [5.41, 5.74) is 0.845. The average molecular weight is 240 g/mol. The number of benzene rings is 1. The van der Waals surface area contributed by atoms with Gasteiger partial charge in [-0.3, -0.25) is 4.79 Å². The number of anilines is 1. The molecule has 4 nitrogen and oxygen atoms in total. The van der Waals surface area contributed by atoms with Gasteiger partial charge in [-0.15, -0.1) is 0 Å². The average Bonchev–Trinajstić information content (AvgIpc) is 2.27. The molecule has 0 bridgehead atoms. The molecule has 0 saturated carbocycles. The summed E-state index contributed by atoms with van der Waals surface area (Å²) in [5, 5.41) is 15.4. The third-order valence-electron chi connectivity index (χ3n) is 2.35. The fourth-order valence-electron chi connectivity index (χ4n) is 1.55. The first-order chi connectivity index (χ1) is 8.04. The van der Waals surface area contributed by atoms with Crippen molar-refractivity contribution in [2.45, 2.75) is 19.4 Å². The maximum atomic E-state index is 13.1. The molecule has 0 saturated heterocycles. The van der Waals surface area contributed by atoms with Gasteiger partial charge in [-0.25, -0.2) is 4.39 Å². The Morgan fingerprint density at radius 1 is 1.53 bits per heavy atom. The quantitative estimate of drug-likeness (QED) is 0.729. The number of hydrogen-bond donors (Lipinski definition) is 3. The van der Waals surface area contributed by atoms with E-state index in [1.54, 1.807) is 7.05 Å². The number of carbonyl (C=O) groups excluding carboxylic acids is 1. The van der Waals surface area contributed by atoms with E-state index < -0.39 is 11.9 Å². The molecule has 0 aromatic heterocycles. The molecule has 0 spiro atoms. The Labute approximate surface area is 99.8 Å². The van der Waals surface area contributed by atoms with E-state index in [1.165, 1.54) is 25.1 Å². The number of aliphatic hydroxyl groups excluding tert-OH is 1. The predicted octanol–water partition coefficient (Wildman–Crippen LogP) is 1.43. The van der Waals surface area contributed by atoms with E-state index in [0.29, 0.717) is 24.2 Å². The molecule has 1 rings (SSSR count). The van der Waals surface area contributed by atoms with E-state index in [4.69, 9.17) is 0 Å². The molecule has 0 aliphatic rings. The molecule has 0 heterocycles. The molecule has 0 aliphatic heterocycles. The smallest absolute Gasteiger partial charge is 0.221 e. The second kappa shape index (κ2) is 6.32. The molecule has 0 fully saturated rings. The molecule has 17 heavy (non-hydrogen) atoms. The van der Waals surface area contributed by atoms with Crippen molar-refractivity contribution in [3.63, 3.8) is 0 Å². The van der Waals surface area contributed by atoms with Crippen LogP contribution in [0.1, 0.15) is 25.0 Å². The molecule has 1 atom stereocenters. The Hall–Kier alpha value is -1.46. The van der Waals surface area contributed by atoms with Crippen molar-refractivity contribution >= 4 is 11.6 Å². The van der Waals surface area contributed by atoms with E-state index in [0.717, 1.165) is 0 Å². The number of carbonyl (C=O) groups is 1. The van der Waals surface area contributed by atoms with Gasteiger partial charge < -0.3 is 15.7 Å². The number of rotatable bonds is 5. The molecule has 0 radical (unpaired) electrons. The lowest BCUT2D eigenvalue weighted by Crippen LogP contribution is -2.15. The summed E-state index contributed by atoms with van der Waals surface area (Å²) >= 11 is 0. The zero-order chi connectivity index (χ0) is 12.8. The number of nitrogens with one attached hydrogen (secondary N) is 2. The van der Waals surface area contributed by atoms with Crippen molar-refractivity contribution in [3.8, 4) is 0 Å². The first-order valence-electron chi connectivity index (χ1n) is 5.44. The highest BCUT2D eigenvalue weighted by Gasteiger charge is 2.13. The van der Waals surface area contributed by atoms with E-state index in [-0.39, 0.29) is 5.91 Å². The van der Waals surface area contributed by atoms with Gasteiger partial charge in [-0.05, 0) is 38.2 Å². The Kier molecular flexibility index (Phi) is 5.06. The lowest BCUT2D eigenvalue weighted by atomic mass is 10.0. The van der Waals surface area contributed by atoms with Gasteiger partial charge in [-0.1, -0.05) is 0 Å². The van der Waals surface area contributed by atoms with Crippen molar-refractivity contribution in [2.75, 3.05) is 18.9 Å². The van der Waals surface area contributed by atoms with Crippen LogP contribution in [0.4, 0.5) is 10.1 Å². The second-order valence-electron chi connectivity index (χ2n) is 3.82. The monoisotopic (exact) mass is 240 g/mol. The van der Waals surface area contributed by atoms with Crippen LogP contribution in [0.2, 0.25) is 0 Å². The van der Waals surface area contributed by atoms with Crippen LogP contribution in [0, 0.1) is 5.82 Å². The Balaban J connectivity index is 2.93. The minimum absolute atomic E-state index is 0.251. The third-order valence-corrected chi connectivity index (χ3v) is 2.35. The van der Waals surface area contributed by atoms with Gasteiger partial charge in [0, 0.05) is 18.2 Å². The topological polar surface area (TPSA) is 61.4 Å². The fourth-order valence-corrected chi connectivity index (χ4v) is 1.55. The zero-order valence-electron chi connectivity index (χ0n) is 9.96. The first-order valence-corrected chi connectivity index (χ1v) is 5.44. The summed E-state index contributed by atoms with van der Waals surface area (Å²) in [6.45, 7) is 1.98. The molecular formula is C12H17FN2O2. The van der Waals surface area contributed by atoms with Crippen LogP contribution in [0.3, 0.4) is 0 Å². The Morgan fingerprint density at radius 3 is 2.82 bits per heavy atom. The molecule has 1 unspecified atom stereocenters. The van der Waals surface area contributed by atoms with Gasteiger partial charge in [0.2, 0.25) is 5.91 Å². The van der Waals surface area contributed by atoms with Gasteiger partial charge in [-0.2, -0.15) is 0 Å². The van der Waals surface area contributed by atoms with Gasteiger partial charge in [0.25, 0.3) is 0 Å². The molecule has 94 valence electrons.